The number of aromatic nitrogens is 1. The SMILES string of the molecule is CNCC(c1cnc(C)cc1C)C(F)(F)F. The van der Waals surface area contributed by atoms with Crippen LogP contribution in [0, 0.1) is 13.8 Å². The van der Waals surface area contributed by atoms with E-state index in [-0.39, 0.29) is 12.1 Å². The highest BCUT2D eigenvalue weighted by molar-refractivity contribution is 5.29. The molecule has 0 spiro atoms. The molecule has 2 nitrogen and oxygen atoms in total. The monoisotopic (exact) mass is 232 g/mol. The summed E-state index contributed by atoms with van der Waals surface area (Å²) < 4.78 is 38.4. The predicted molar refractivity (Wildman–Crippen MR) is 56.4 cm³/mol. The van der Waals surface area contributed by atoms with Gasteiger partial charge in [0.15, 0.2) is 0 Å². The summed E-state index contributed by atoms with van der Waals surface area (Å²) in [6, 6.07) is 1.67. The van der Waals surface area contributed by atoms with Crippen molar-refractivity contribution in [1.82, 2.24) is 10.3 Å². The van der Waals surface area contributed by atoms with Gasteiger partial charge in [-0.25, -0.2) is 0 Å². The van der Waals surface area contributed by atoms with Crippen molar-refractivity contribution in [3.63, 3.8) is 0 Å². The van der Waals surface area contributed by atoms with E-state index in [2.05, 4.69) is 10.3 Å². The Kier molecular flexibility index (Phi) is 3.91. The van der Waals surface area contributed by atoms with Crippen LogP contribution >= 0.6 is 0 Å². The van der Waals surface area contributed by atoms with Gasteiger partial charge in [0.25, 0.3) is 0 Å². The van der Waals surface area contributed by atoms with Gasteiger partial charge in [-0.05, 0) is 38.1 Å². The van der Waals surface area contributed by atoms with Crippen LogP contribution in [-0.2, 0) is 0 Å². The lowest BCUT2D eigenvalue weighted by molar-refractivity contribution is -0.149. The minimum absolute atomic E-state index is 0.130. The molecular formula is C11H15F3N2. The van der Waals surface area contributed by atoms with Crippen LogP contribution in [-0.4, -0.2) is 24.8 Å². The summed E-state index contributed by atoms with van der Waals surface area (Å²) >= 11 is 0. The molecule has 0 aliphatic heterocycles. The number of hydrogen-bond donors (Lipinski definition) is 1. The topological polar surface area (TPSA) is 24.9 Å². The molecule has 1 N–H and O–H groups in total. The number of aryl methyl sites for hydroxylation is 2. The Hall–Kier alpha value is -1.10. The Morgan fingerprint density at radius 2 is 2.00 bits per heavy atom. The first kappa shape index (κ1) is 13.0. The molecule has 0 aliphatic carbocycles. The van der Waals surface area contributed by atoms with E-state index in [0.29, 0.717) is 5.56 Å². The standard InChI is InChI=1S/C11H15F3N2/c1-7-4-8(2)16-5-9(7)10(6-15-3)11(12,13)14/h4-5,10,15H,6H2,1-3H3. The minimum Gasteiger partial charge on any atom is -0.319 e. The van der Waals surface area contributed by atoms with Crippen molar-refractivity contribution in [3.8, 4) is 0 Å². The summed E-state index contributed by atoms with van der Waals surface area (Å²) in [4.78, 5) is 3.93. The summed E-state index contributed by atoms with van der Waals surface area (Å²) in [6.07, 6.45) is -2.93. The van der Waals surface area contributed by atoms with Crippen LogP contribution in [0.25, 0.3) is 0 Å². The molecule has 90 valence electrons. The predicted octanol–water partition coefficient (Wildman–Crippen LogP) is 2.56. The van der Waals surface area contributed by atoms with Crippen molar-refractivity contribution in [1.29, 1.82) is 0 Å². The Morgan fingerprint density at radius 1 is 1.38 bits per heavy atom. The lowest BCUT2D eigenvalue weighted by Crippen LogP contribution is -2.30. The number of halogens is 3. The van der Waals surface area contributed by atoms with Gasteiger partial charge in [-0.1, -0.05) is 0 Å². The largest absolute Gasteiger partial charge is 0.397 e. The maximum atomic E-state index is 12.8. The van der Waals surface area contributed by atoms with Crippen molar-refractivity contribution in [2.75, 3.05) is 13.6 Å². The average Bonchev–Trinajstić information content (AvgIpc) is 2.13. The summed E-state index contributed by atoms with van der Waals surface area (Å²) in [5.74, 6) is -1.49. The van der Waals surface area contributed by atoms with Crippen molar-refractivity contribution >= 4 is 0 Å². The van der Waals surface area contributed by atoms with Gasteiger partial charge in [-0.2, -0.15) is 13.2 Å². The van der Waals surface area contributed by atoms with Crippen LogP contribution < -0.4 is 5.32 Å². The lowest BCUT2D eigenvalue weighted by atomic mass is 9.95. The number of pyridine rings is 1. The highest BCUT2D eigenvalue weighted by Gasteiger charge is 2.40. The maximum Gasteiger partial charge on any atom is 0.397 e. The van der Waals surface area contributed by atoms with E-state index in [1.807, 2.05) is 0 Å². The maximum absolute atomic E-state index is 12.8. The number of nitrogens with one attached hydrogen (secondary N) is 1. The van der Waals surface area contributed by atoms with Gasteiger partial charge in [0, 0.05) is 18.4 Å². The molecule has 0 saturated heterocycles. The van der Waals surface area contributed by atoms with Crippen molar-refractivity contribution in [3.05, 3.63) is 29.1 Å². The lowest BCUT2D eigenvalue weighted by Gasteiger charge is -2.21. The summed E-state index contributed by atoms with van der Waals surface area (Å²) in [6.45, 7) is 3.31. The van der Waals surface area contributed by atoms with Gasteiger partial charge in [-0.15, -0.1) is 0 Å². The normalized spacial score (nSPS) is 13.9. The Labute approximate surface area is 92.9 Å². The summed E-state index contributed by atoms with van der Waals surface area (Å²) in [7, 11) is 1.51. The molecular weight excluding hydrogens is 217 g/mol. The fourth-order valence-electron chi connectivity index (χ4n) is 1.68. The fraction of sp³-hybridized carbons (Fsp3) is 0.545. The molecule has 1 atom stereocenters. The van der Waals surface area contributed by atoms with Crippen molar-refractivity contribution in [2.24, 2.45) is 0 Å². The number of nitrogens with zero attached hydrogens (tertiary/aromatic N) is 1. The third kappa shape index (κ3) is 2.95. The molecule has 1 unspecified atom stereocenters. The van der Waals surface area contributed by atoms with E-state index < -0.39 is 12.1 Å². The van der Waals surface area contributed by atoms with Crippen LogP contribution in [0.5, 0.6) is 0 Å². The molecule has 16 heavy (non-hydrogen) atoms. The highest BCUT2D eigenvalue weighted by Crippen LogP contribution is 2.35. The van der Waals surface area contributed by atoms with Gasteiger partial charge >= 0.3 is 6.18 Å². The van der Waals surface area contributed by atoms with E-state index in [0.717, 1.165) is 5.69 Å². The molecule has 0 radical (unpaired) electrons. The first-order valence-corrected chi connectivity index (χ1v) is 5.00. The molecule has 1 aromatic rings. The zero-order valence-corrected chi connectivity index (χ0v) is 9.52. The number of alkyl halides is 3. The third-order valence-electron chi connectivity index (χ3n) is 2.47. The molecule has 0 fully saturated rings. The van der Waals surface area contributed by atoms with Crippen LogP contribution in [0.3, 0.4) is 0 Å². The molecule has 5 heteroatoms. The molecule has 1 rings (SSSR count). The highest BCUT2D eigenvalue weighted by atomic mass is 19.4. The summed E-state index contributed by atoms with van der Waals surface area (Å²) in [5.41, 5.74) is 1.60. The Bertz CT molecular complexity index is 361. The van der Waals surface area contributed by atoms with Gasteiger partial charge in [0.05, 0.1) is 5.92 Å². The van der Waals surface area contributed by atoms with Crippen LogP contribution in [0.15, 0.2) is 12.3 Å². The van der Waals surface area contributed by atoms with Gasteiger partial charge in [0.1, 0.15) is 0 Å². The second kappa shape index (κ2) is 4.82. The molecule has 0 saturated carbocycles. The molecule has 0 amide bonds. The number of likely N-dealkylation sites (N-methyl/N-ethyl adjacent to an activating group) is 1. The zero-order valence-electron chi connectivity index (χ0n) is 9.52. The minimum atomic E-state index is -4.25. The molecule has 1 aromatic heterocycles. The zero-order chi connectivity index (χ0) is 12.3. The first-order valence-electron chi connectivity index (χ1n) is 5.00. The van der Waals surface area contributed by atoms with E-state index in [9.17, 15) is 13.2 Å². The van der Waals surface area contributed by atoms with E-state index in [1.165, 1.54) is 13.2 Å². The van der Waals surface area contributed by atoms with Gasteiger partial charge in [0.2, 0.25) is 0 Å². The van der Waals surface area contributed by atoms with E-state index in [1.54, 1.807) is 19.9 Å². The number of hydrogen-bond acceptors (Lipinski definition) is 2. The van der Waals surface area contributed by atoms with Crippen molar-refractivity contribution < 1.29 is 13.2 Å². The Morgan fingerprint density at radius 3 is 2.44 bits per heavy atom. The third-order valence-corrected chi connectivity index (χ3v) is 2.47. The second-order valence-electron chi connectivity index (χ2n) is 3.83. The number of rotatable bonds is 3. The molecule has 0 aromatic carbocycles. The fourth-order valence-corrected chi connectivity index (χ4v) is 1.68. The van der Waals surface area contributed by atoms with Crippen molar-refractivity contribution in [2.45, 2.75) is 25.9 Å². The molecule has 0 bridgehead atoms. The smallest absolute Gasteiger partial charge is 0.319 e. The van der Waals surface area contributed by atoms with E-state index >= 15 is 0 Å². The molecule has 1 heterocycles. The summed E-state index contributed by atoms with van der Waals surface area (Å²) in [5, 5.41) is 2.57. The van der Waals surface area contributed by atoms with Crippen LogP contribution in [0.1, 0.15) is 22.7 Å². The second-order valence-corrected chi connectivity index (χ2v) is 3.83. The Balaban J connectivity index is 3.11. The van der Waals surface area contributed by atoms with Gasteiger partial charge < -0.3 is 5.32 Å². The van der Waals surface area contributed by atoms with Gasteiger partial charge in [-0.3, -0.25) is 4.98 Å². The van der Waals surface area contributed by atoms with Crippen LogP contribution in [0.2, 0.25) is 0 Å². The van der Waals surface area contributed by atoms with E-state index in [4.69, 9.17) is 0 Å². The quantitative estimate of drug-likeness (QED) is 0.866. The molecule has 0 aliphatic rings. The average molecular weight is 232 g/mol. The van der Waals surface area contributed by atoms with Crippen LogP contribution in [0.4, 0.5) is 13.2 Å². The first-order chi connectivity index (χ1) is 7.36.